The molecular formula is C16H14N2O6. The number of methoxy groups -OCH3 is 1. The number of nitro benzene ring substituents is 1. The fourth-order valence-corrected chi connectivity index (χ4v) is 1.83. The van der Waals surface area contributed by atoms with Gasteiger partial charge >= 0.3 is 5.97 Å². The van der Waals surface area contributed by atoms with E-state index in [1.807, 2.05) is 0 Å². The summed E-state index contributed by atoms with van der Waals surface area (Å²) in [5.41, 5.74) is 1.26. The van der Waals surface area contributed by atoms with Crippen LogP contribution in [-0.4, -0.2) is 35.9 Å². The van der Waals surface area contributed by atoms with Gasteiger partial charge in [-0.15, -0.1) is 0 Å². The molecule has 8 nitrogen and oxygen atoms in total. The lowest BCUT2D eigenvalue weighted by Gasteiger charge is -2.09. The maximum absolute atomic E-state index is 10.6. The molecule has 2 aromatic rings. The standard InChI is InChI=1S/C16H14N2O6/c1-23-15-8-11(2-7-14(15)24-10-16(19)20)9-17-12-3-5-13(6-4-12)18(21)22/h2-9H,10H2,1H3,(H,19,20). The van der Waals surface area contributed by atoms with E-state index in [0.29, 0.717) is 22.7 Å². The minimum atomic E-state index is -1.08. The molecule has 0 amide bonds. The number of carboxylic acids is 1. The highest BCUT2D eigenvalue weighted by Crippen LogP contribution is 2.28. The number of ether oxygens (including phenoxy) is 2. The van der Waals surface area contributed by atoms with Crippen molar-refractivity contribution in [2.24, 2.45) is 4.99 Å². The normalized spacial score (nSPS) is 10.5. The number of benzene rings is 2. The summed E-state index contributed by atoms with van der Waals surface area (Å²) in [7, 11) is 1.44. The SMILES string of the molecule is COc1cc(C=Nc2ccc([N+](=O)[O-])cc2)ccc1OCC(=O)O. The summed E-state index contributed by atoms with van der Waals surface area (Å²) in [5, 5.41) is 19.2. The number of nitrogens with zero attached hydrogens (tertiary/aromatic N) is 2. The van der Waals surface area contributed by atoms with E-state index >= 15 is 0 Å². The van der Waals surface area contributed by atoms with Crippen LogP contribution in [0, 0.1) is 10.1 Å². The molecule has 0 bridgehead atoms. The van der Waals surface area contributed by atoms with Gasteiger partial charge in [-0.1, -0.05) is 0 Å². The summed E-state index contributed by atoms with van der Waals surface area (Å²) < 4.78 is 10.3. The summed E-state index contributed by atoms with van der Waals surface area (Å²) in [6.07, 6.45) is 1.56. The zero-order chi connectivity index (χ0) is 17.5. The first-order valence-corrected chi connectivity index (χ1v) is 6.81. The lowest BCUT2D eigenvalue weighted by Crippen LogP contribution is -2.10. The Hall–Kier alpha value is -3.42. The molecular weight excluding hydrogens is 316 g/mol. The van der Waals surface area contributed by atoms with Gasteiger partial charge in [0.05, 0.1) is 17.7 Å². The van der Waals surface area contributed by atoms with E-state index in [1.54, 1.807) is 24.4 Å². The summed E-state index contributed by atoms with van der Waals surface area (Å²) in [5.74, 6) is -0.392. The van der Waals surface area contributed by atoms with Crippen molar-refractivity contribution in [3.05, 3.63) is 58.1 Å². The Morgan fingerprint density at radius 1 is 1.25 bits per heavy atom. The summed E-state index contributed by atoms with van der Waals surface area (Å²) in [6, 6.07) is 10.7. The van der Waals surface area contributed by atoms with Crippen LogP contribution in [0.3, 0.4) is 0 Å². The predicted molar refractivity (Wildman–Crippen MR) is 86.5 cm³/mol. The number of carboxylic acid groups (broad SMARTS) is 1. The first kappa shape index (κ1) is 16.9. The van der Waals surface area contributed by atoms with Gasteiger partial charge in [0.2, 0.25) is 0 Å². The Morgan fingerprint density at radius 2 is 1.96 bits per heavy atom. The molecule has 0 aliphatic heterocycles. The Morgan fingerprint density at radius 3 is 2.54 bits per heavy atom. The van der Waals surface area contributed by atoms with E-state index in [2.05, 4.69) is 4.99 Å². The number of nitro groups is 1. The van der Waals surface area contributed by atoms with Crippen molar-refractivity contribution in [2.75, 3.05) is 13.7 Å². The zero-order valence-corrected chi connectivity index (χ0v) is 12.7. The number of carbonyl (C=O) groups is 1. The third kappa shape index (κ3) is 4.54. The molecule has 124 valence electrons. The maximum Gasteiger partial charge on any atom is 0.341 e. The van der Waals surface area contributed by atoms with E-state index in [9.17, 15) is 14.9 Å². The second kappa shape index (κ2) is 7.73. The quantitative estimate of drug-likeness (QED) is 0.474. The van der Waals surface area contributed by atoms with Gasteiger partial charge in [-0.3, -0.25) is 15.1 Å². The maximum atomic E-state index is 10.6. The van der Waals surface area contributed by atoms with Gasteiger partial charge in [-0.05, 0) is 35.9 Å². The lowest BCUT2D eigenvalue weighted by atomic mass is 10.2. The van der Waals surface area contributed by atoms with Crippen molar-refractivity contribution in [1.82, 2.24) is 0 Å². The van der Waals surface area contributed by atoms with Crippen LogP contribution in [0.1, 0.15) is 5.56 Å². The molecule has 2 rings (SSSR count). The van der Waals surface area contributed by atoms with E-state index in [1.165, 1.54) is 31.4 Å². The van der Waals surface area contributed by atoms with Crippen molar-refractivity contribution in [2.45, 2.75) is 0 Å². The second-order valence-corrected chi connectivity index (χ2v) is 4.62. The van der Waals surface area contributed by atoms with Gasteiger partial charge < -0.3 is 14.6 Å². The van der Waals surface area contributed by atoms with Crippen LogP contribution >= 0.6 is 0 Å². The molecule has 0 unspecified atom stereocenters. The van der Waals surface area contributed by atoms with Crippen molar-refractivity contribution in [3.63, 3.8) is 0 Å². The van der Waals surface area contributed by atoms with Crippen molar-refractivity contribution < 1.29 is 24.3 Å². The molecule has 0 aliphatic rings. The molecule has 8 heteroatoms. The average Bonchev–Trinajstić information content (AvgIpc) is 2.58. The first-order valence-electron chi connectivity index (χ1n) is 6.81. The highest BCUT2D eigenvalue weighted by molar-refractivity contribution is 5.83. The molecule has 0 aromatic heterocycles. The molecule has 0 saturated heterocycles. The number of hydrogen-bond acceptors (Lipinski definition) is 6. The monoisotopic (exact) mass is 330 g/mol. The summed E-state index contributed by atoms with van der Waals surface area (Å²) in [6.45, 7) is -0.466. The predicted octanol–water partition coefficient (Wildman–Crippen LogP) is 2.82. The van der Waals surface area contributed by atoms with Crippen molar-refractivity contribution in [1.29, 1.82) is 0 Å². The molecule has 0 saturated carbocycles. The lowest BCUT2D eigenvalue weighted by molar-refractivity contribution is -0.384. The van der Waals surface area contributed by atoms with Gasteiger partial charge in [0, 0.05) is 18.3 Å². The number of hydrogen-bond donors (Lipinski definition) is 1. The molecule has 24 heavy (non-hydrogen) atoms. The first-order chi connectivity index (χ1) is 11.5. The van der Waals surface area contributed by atoms with Gasteiger partial charge in [0.1, 0.15) is 0 Å². The highest BCUT2D eigenvalue weighted by atomic mass is 16.6. The van der Waals surface area contributed by atoms with E-state index in [0.717, 1.165) is 0 Å². The summed E-state index contributed by atoms with van der Waals surface area (Å²) >= 11 is 0. The Labute approximate surface area is 137 Å². The van der Waals surface area contributed by atoms with Crippen LogP contribution in [0.15, 0.2) is 47.5 Å². The van der Waals surface area contributed by atoms with Crippen molar-refractivity contribution in [3.8, 4) is 11.5 Å². The molecule has 0 atom stereocenters. The zero-order valence-electron chi connectivity index (χ0n) is 12.7. The van der Waals surface area contributed by atoms with Gasteiger partial charge in [0.25, 0.3) is 5.69 Å². The van der Waals surface area contributed by atoms with Gasteiger partial charge in [-0.2, -0.15) is 0 Å². The van der Waals surface area contributed by atoms with Crippen LogP contribution in [0.2, 0.25) is 0 Å². The molecule has 0 spiro atoms. The van der Waals surface area contributed by atoms with Gasteiger partial charge in [0.15, 0.2) is 18.1 Å². The Bertz CT molecular complexity index is 771. The van der Waals surface area contributed by atoms with E-state index < -0.39 is 17.5 Å². The van der Waals surface area contributed by atoms with Crippen LogP contribution in [0.5, 0.6) is 11.5 Å². The number of non-ortho nitro benzene ring substituents is 1. The topological polar surface area (TPSA) is 111 Å². The van der Waals surface area contributed by atoms with Gasteiger partial charge in [-0.25, -0.2) is 4.79 Å². The third-order valence-corrected chi connectivity index (χ3v) is 2.96. The van der Waals surface area contributed by atoms with Crippen LogP contribution in [0.25, 0.3) is 0 Å². The molecule has 2 aromatic carbocycles. The highest BCUT2D eigenvalue weighted by Gasteiger charge is 2.07. The Balaban J connectivity index is 2.14. The number of aliphatic carboxylic acids is 1. The second-order valence-electron chi connectivity index (χ2n) is 4.62. The minimum absolute atomic E-state index is 0.00412. The molecule has 0 radical (unpaired) electrons. The smallest absolute Gasteiger partial charge is 0.341 e. The van der Waals surface area contributed by atoms with Crippen LogP contribution in [0.4, 0.5) is 11.4 Å². The van der Waals surface area contributed by atoms with E-state index in [4.69, 9.17) is 14.6 Å². The largest absolute Gasteiger partial charge is 0.493 e. The fraction of sp³-hybridized carbons (Fsp3) is 0.125. The summed E-state index contributed by atoms with van der Waals surface area (Å²) in [4.78, 5) is 24.9. The van der Waals surface area contributed by atoms with Crippen LogP contribution < -0.4 is 9.47 Å². The average molecular weight is 330 g/mol. The molecule has 0 heterocycles. The third-order valence-electron chi connectivity index (χ3n) is 2.96. The number of aliphatic imine (C=N–C) groups is 1. The fourth-order valence-electron chi connectivity index (χ4n) is 1.83. The number of rotatable bonds is 7. The molecule has 0 aliphatic carbocycles. The minimum Gasteiger partial charge on any atom is -0.493 e. The van der Waals surface area contributed by atoms with Crippen molar-refractivity contribution >= 4 is 23.6 Å². The Kier molecular flexibility index (Phi) is 5.45. The van der Waals surface area contributed by atoms with Crippen LogP contribution in [-0.2, 0) is 4.79 Å². The van der Waals surface area contributed by atoms with E-state index in [-0.39, 0.29) is 5.69 Å². The molecule has 0 fully saturated rings. The molecule has 1 N–H and O–H groups in total.